The zero-order chi connectivity index (χ0) is 23.8. The van der Waals surface area contributed by atoms with E-state index >= 15 is 0 Å². The van der Waals surface area contributed by atoms with Crippen molar-refractivity contribution < 1.29 is 9.59 Å². The van der Waals surface area contributed by atoms with Gasteiger partial charge in [0, 0.05) is 17.8 Å². The van der Waals surface area contributed by atoms with E-state index in [2.05, 4.69) is 56.1 Å². The zero-order valence-corrected chi connectivity index (χ0v) is 20.3. The number of benzene rings is 2. The first kappa shape index (κ1) is 24.0. The van der Waals surface area contributed by atoms with Crippen LogP contribution in [0.3, 0.4) is 0 Å². The molecule has 2 heterocycles. The van der Waals surface area contributed by atoms with E-state index in [-0.39, 0.29) is 11.8 Å². The van der Waals surface area contributed by atoms with E-state index in [9.17, 15) is 9.59 Å². The molecule has 1 fully saturated rings. The maximum atomic E-state index is 12.6. The molecule has 4 rings (SSSR count). The third kappa shape index (κ3) is 6.95. The minimum atomic E-state index is -0.323. The van der Waals surface area contributed by atoms with Crippen LogP contribution in [0.25, 0.3) is 0 Å². The average Bonchev–Trinajstić information content (AvgIpc) is 3.30. The molecule has 2 amide bonds. The Morgan fingerprint density at radius 3 is 2.56 bits per heavy atom. The number of nitrogens with one attached hydrogen (secondary N) is 2. The van der Waals surface area contributed by atoms with E-state index in [0.717, 1.165) is 37.0 Å². The van der Waals surface area contributed by atoms with Crippen LogP contribution < -0.4 is 10.6 Å². The zero-order valence-electron chi connectivity index (χ0n) is 19.5. The Morgan fingerprint density at radius 1 is 1.03 bits per heavy atom. The summed E-state index contributed by atoms with van der Waals surface area (Å²) in [6, 6.07) is 17.7. The summed E-state index contributed by atoms with van der Waals surface area (Å²) in [6.07, 6.45) is 4.55. The van der Waals surface area contributed by atoms with E-state index < -0.39 is 0 Å². The number of nitrogens with zero attached hydrogens (tertiary/aromatic N) is 3. The molecule has 178 valence electrons. The molecule has 2 N–H and O–H groups in total. The van der Waals surface area contributed by atoms with Gasteiger partial charge in [-0.2, -0.15) is 0 Å². The number of hydrogen-bond donors (Lipinski definition) is 2. The Labute approximate surface area is 204 Å². The van der Waals surface area contributed by atoms with E-state index in [1.807, 2.05) is 0 Å². The smallest absolute Gasteiger partial charge is 0.286 e. The second kappa shape index (κ2) is 11.9. The van der Waals surface area contributed by atoms with Crippen LogP contribution >= 0.6 is 11.3 Å². The van der Waals surface area contributed by atoms with Crippen LogP contribution in [-0.4, -0.2) is 53.1 Å². The number of anilines is 1. The highest BCUT2D eigenvalue weighted by molar-refractivity contribution is 7.13. The standard InChI is InChI=1S/C26H31N5O2S/c1-19-29-30-26(34-19)25(33)28-23-10-5-9-22(18-23)24(32)27-13-6-14-31-15-11-21(12-16-31)17-20-7-3-2-4-8-20/h2-5,7-10,18,21H,6,11-17H2,1H3,(H,27,32)(H,28,33). The summed E-state index contributed by atoms with van der Waals surface area (Å²) in [5.74, 6) is 0.308. The molecule has 34 heavy (non-hydrogen) atoms. The lowest BCUT2D eigenvalue weighted by Crippen LogP contribution is -2.36. The second-order valence-electron chi connectivity index (χ2n) is 8.75. The third-order valence-electron chi connectivity index (χ3n) is 6.11. The lowest BCUT2D eigenvalue weighted by atomic mass is 9.90. The van der Waals surface area contributed by atoms with Gasteiger partial charge in [0.05, 0.1) is 0 Å². The number of hydrogen-bond acceptors (Lipinski definition) is 6. The molecular weight excluding hydrogens is 446 g/mol. The fourth-order valence-corrected chi connectivity index (χ4v) is 4.87. The van der Waals surface area contributed by atoms with E-state index in [4.69, 9.17) is 0 Å². The molecule has 0 aliphatic carbocycles. The summed E-state index contributed by atoms with van der Waals surface area (Å²) in [5.41, 5.74) is 2.51. The van der Waals surface area contributed by atoms with E-state index in [1.165, 1.54) is 36.2 Å². The number of likely N-dealkylation sites (tertiary alicyclic amines) is 1. The number of amides is 2. The molecule has 7 nitrogen and oxygen atoms in total. The van der Waals surface area contributed by atoms with Crippen molar-refractivity contribution in [3.8, 4) is 0 Å². The Hall–Kier alpha value is -3.10. The van der Waals surface area contributed by atoms with Crippen molar-refractivity contribution in [3.05, 3.63) is 75.7 Å². The Balaban J connectivity index is 1.15. The fraction of sp³-hybridized carbons (Fsp3) is 0.385. The summed E-state index contributed by atoms with van der Waals surface area (Å²) < 4.78 is 0. The molecule has 0 spiro atoms. The Kier molecular flexibility index (Phi) is 8.38. The van der Waals surface area contributed by atoms with Crippen LogP contribution in [0.1, 0.15) is 50.0 Å². The van der Waals surface area contributed by atoms with Crippen molar-refractivity contribution in [1.29, 1.82) is 0 Å². The van der Waals surface area contributed by atoms with Crippen LogP contribution in [0.15, 0.2) is 54.6 Å². The summed E-state index contributed by atoms with van der Waals surface area (Å²) >= 11 is 1.23. The first-order chi connectivity index (χ1) is 16.6. The lowest BCUT2D eigenvalue weighted by Gasteiger charge is -2.32. The van der Waals surface area contributed by atoms with Gasteiger partial charge >= 0.3 is 0 Å². The molecule has 1 saturated heterocycles. The Bertz CT molecular complexity index is 1090. The molecule has 1 aliphatic heterocycles. The van der Waals surface area contributed by atoms with Gasteiger partial charge in [-0.05, 0) is 81.9 Å². The number of piperidine rings is 1. The molecule has 0 bridgehead atoms. The number of carbonyl (C=O) groups excluding carboxylic acids is 2. The van der Waals surface area contributed by atoms with Gasteiger partial charge in [-0.1, -0.05) is 47.7 Å². The summed E-state index contributed by atoms with van der Waals surface area (Å²) in [5, 5.41) is 14.5. The molecule has 3 aromatic rings. The van der Waals surface area contributed by atoms with Gasteiger partial charge in [0.2, 0.25) is 5.01 Å². The average molecular weight is 478 g/mol. The molecule has 1 aliphatic rings. The normalized spacial score (nSPS) is 14.6. The number of carbonyl (C=O) groups is 2. The van der Waals surface area contributed by atoms with Crippen molar-refractivity contribution in [2.75, 3.05) is 31.5 Å². The SMILES string of the molecule is Cc1nnc(C(=O)Nc2cccc(C(=O)NCCCN3CCC(Cc4ccccc4)CC3)c2)s1. The highest BCUT2D eigenvalue weighted by atomic mass is 32.1. The summed E-state index contributed by atoms with van der Waals surface area (Å²) in [7, 11) is 0. The minimum absolute atomic E-state index is 0.135. The molecule has 0 unspecified atom stereocenters. The predicted octanol–water partition coefficient (Wildman–Crippen LogP) is 4.17. The van der Waals surface area contributed by atoms with Crippen LogP contribution in [0.2, 0.25) is 0 Å². The van der Waals surface area contributed by atoms with Crippen LogP contribution in [0.5, 0.6) is 0 Å². The lowest BCUT2D eigenvalue weighted by molar-refractivity contribution is 0.0949. The van der Waals surface area contributed by atoms with Crippen LogP contribution in [-0.2, 0) is 6.42 Å². The van der Waals surface area contributed by atoms with E-state index in [1.54, 1.807) is 31.2 Å². The third-order valence-corrected chi connectivity index (χ3v) is 6.95. The monoisotopic (exact) mass is 477 g/mol. The van der Waals surface area contributed by atoms with Crippen molar-refractivity contribution in [3.63, 3.8) is 0 Å². The van der Waals surface area contributed by atoms with Crippen molar-refractivity contribution in [2.45, 2.75) is 32.6 Å². The number of aromatic nitrogens is 2. The van der Waals surface area contributed by atoms with Crippen LogP contribution in [0.4, 0.5) is 5.69 Å². The molecule has 8 heteroatoms. The molecule has 0 atom stereocenters. The second-order valence-corrected chi connectivity index (χ2v) is 9.93. The number of rotatable bonds is 9. The van der Waals surface area contributed by atoms with Gasteiger partial charge < -0.3 is 15.5 Å². The maximum Gasteiger partial charge on any atom is 0.286 e. The topological polar surface area (TPSA) is 87.2 Å². The largest absolute Gasteiger partial charge is 0.352 e. The predicted molar refractivity (Wildman–Crippen MR) is 135 cm³/mol. The van der Waals surface area contributed by atoms with Gasteiger partial charge in [0.15, 0.2) is 0 Å². The summed E-state index contributed by atoms with van der Waals surface area (Å²) in [6.45, 7) is 5.68. The van der Waals surface area contributed by atoms with Gasteiger partial charge in [-0.25, -0.2) is 0 Å². The van der Waals surface area contributed by atoms with Gasteiger partial charge in [0.1, 0.15) is 5.01 Å². The number of aryl methyl sites for hydroxylation is 1. The van der Waals surface area contributed by atoms with Crippen molar-refractivity contribution in [2.24, 2.45) is 5.92 Å². The van der Waals surface area contributed by atoms with Gasteiger partial charge in [-0.15, -0.1) is 10.2 Å². The Morgan fingerprint density at radius 2 is 1.82 bits per heavy atom. The molecule has 2 aromatic carbocycles. The first-order valence-corrected chi connectivity index (χ1v) is 12.6. The highest BCUT2D eigenvalue weighted by Gasteiger charge is 2.19. The highest BCUT2D eigenvalue weighted by Crippen LogP contribution is 2.21. The molecule has 1 aromatic heterocycles. The maximum absolute atomic E-state index is 12.6. The molecule has 0 radical (unpaired) electrons. The molecule has 0 saturated carbocycles. The fourth-order valence-electron chi connectivity index (χ4n) is 4.28. The minimum Gasteiger partial charge on any atom is -0.352 e. The van der Waals surface area contributed by atoms with Crippen molar-refractivity contribution >= 4 is 28.8 Å². The van der Waals surface area contributed by atoms with E-state index in [0.29, 0.717) is 22.8 Å². The van der Waals surface area contributed by atoms with Gasteiger partial charge in [0.25, 0.3) is 11.8 Å². The quantitative estimate of drug-likeness (QED) is 0.452. The van der Waals surface area contributed by atoms with Gasteiger partial charge in [-0.3, -0.25) is 9.59 Å². The van der Waals surface area contributed by atoms with Crippen molar-refractivity contribution in [1.82, 2.24) is 20.4 Å². The van der Waals surface area contributed by atoms with Crippen LogP contribution in [0, 0.1) is 12.8 Å². The first-order valence-electron chi connectivity index (χ1n) is 11.8. The molecular formula is C26H31N5O2S. The summed E-state index contributed by atoms with van der Waals surface area (Å²) in [4.78, 5) is 27.3.